The molecule has 1 aromatic rings. The van der Waals surface area contributed by atoms with Crippen LogP contribution in [0.2, 0.25) is 0 Å². The lowest BCUT2D eigenvalue weighted by Gasteiger charge is -2.10. The normalized spacial score (nSPS) is 9.47. The van der Waals surface area contributed by atoms with Crippen molar-refractivity contribution in [2.24, 2.45) is 5.84 Å². The highest BCUT2D eigenvalue weighted by atomic mass is 15.4. The van der Waals surface area contributed by atoms with Crippen LogP contribution < -0.4 is 10.9 Å². The lowest BCUT2D eigenvalue weighted by Crippen LogP contribution is -2.26. The molecule has 0 aliphatic heterocycles. The van der Waals surface area contributed by atoms with Crippen molar-refractivity contribution in [3.05, 3.63) is 11.3 Å². The third-order valence-electron chi connectivity index (χ3n) is 2.12. The minimum absolute atomic E-state index is 0.874. The predicted molar refractivity (Wildman–Crippen MR) is 65.9 cm³/mol. The Morgan fingerprint density at radius 1 is 1.33 bits per heavy atom. The first-order chi connectivity index (χ1) is 7.20. The van der Waals surface area contributed by atoms with E-state index in [0.717, 1.165) is 25.1 Å². The number of nitrogens with two attached hydrogens (primary N) is 1. The number of hydrogen-bond donors (Lipinski definition) is 2. The lowest BCUT2D eigenvalue weighted by molar-refractivity contribution is 0.883. The Morgan fingerprint density at radius 2 is 1.93 bits per heavy atom. The molecule has 0 atom stereocenters. The number of hydrogen-bond acceptors (Lipinski definition) is 3. The summed E-state index contributed by atoms with van der Waals surface area (Å²) in [4.78, 5) is 0. The zero-order chi connectivity index (χ0) is 11.8. The summed E-state index contributed by atoms with van der Waals surface area (Å²) >= 11 is 0. The molecule has 88 valence electrons. The van der Waals surface area contributed by atoms with Gasteiger partial charge in [-0.2, -0.15) is 5.10 Å². The summed E-state index contributed by atoms with van der Waals surface area (Å²) in [6, 6.07) is 0. The second-order valence-electron chi connectivity index (χ2n) is 3.22. The number of aromatic nitrogens is 2. The Hall–Kier alpha value is -1.03. The molecule has 0 amide bonds. The van der Waals surface area contributed by atoms with Gasteiger partial charge in [0.15, 0.2) is 5.82 Å². The number of aromatic amines is 1. The van der Waals surface area contributed by atoms with Gasteiger partial charge in [0.05, 0.1) is 0 Å². The second-order valence-corrected chi connectivity index (χ2v) is 3.22. The highest BCUT2D eigenvalue weighted by Crippen LogP contribution is 2.20. The maximum absolute atomic E-state index is 5.66. The SMILES string of the molecule is CC.CCCc1c(N(C)N)n[nH]c1CC. The van der Waals surface area contributed by atoms with Crippen LogP contribution in [0.4, 0.5) is 5.82 Å². The number of rotatable bonds is 4. The third kappa shape index (κ3) is 3.55. The van der Waals surface area contributed by atoms with Gasteiger partial charge in [-0.3, -0.25) is 10.1 Å². The molecule has 1 rings (SSSR count). The average molecular weight is 212 g/mol. The van der Waals surface area contributed by atoms with E-state index in [1.165, 1.54) is 11.3 Å². The zero-order valence-electron chi connectivity index (χ0n) is 10.6. The molecule has 15 heavy (non-hydrogen) atoms. The van der Waals surface area contributed by atoms with Crippen LogP contribution in [0.3, 0.4) is 0 Å². The molecule has 4 heteroatoms. The Labute approximate surface area is 92.8 Å². The molecule has 0 saturated carbocycles. The van der Waals surface area contributed by atoms with Crippen LogP contribution in [0.1, 0.15) is 45.4 Å². The smallest absolute Gasteiger partial charge is 0.167 e. The molecule has 0 bridgehead atoms. The van der Waals surface area contributed by atoms with Crippen molar-refractivity contribution in [3.8, 4) is 0 Å². The van der Waals surface area contributed by atoms with E-state index in [9.17, 15) is 0 Å². The second kappa shape index (κ2) is 7.29. The molecule has 1 heterocycles. The summed E-state index contributed by atoms with van der Waals surface area (Å²) in [6.45, 7) is 8.28. The van der Waals surface area contributed by atoms with E-state index in [-0.39, 0.29) is 0 Å². The number of hydrazine groups is 1. The summed E-state index contributed by atoms with van der Waals surface area (Å²) in [5, 5.41) is 8.77. The standard InChI is InChI=1S/C9H18N4.C2H6/c1-4-6-7-8(5-2)11-12-9(7)13(3)10;1-2/h4-6,10H2,1-3H3,(H,11,12);1-2H3. The summed E-state index contributed by atoms with van der Waals surface area (Å²) in [5.74, 6) is 6.54. The largest absolute Gasteiger partial charge is 0.296 e. The molecule has 0 fully saturated rings. The number of nitrogens with zero attached hydrogens (tertiary/aromatic N) is 2. The van der Waals surface area contributed by atoms with Crippen LogP contribution in [0.25, 0.3) is 0 Å². The quantitative estimate of drug-likeness (QED) is 0.594. The number of aryl methyl sites for hydroxylation is 1. The van der Waals surface area contributed by atoms with E-state index in [1.54, 1.807) is 5.01 Å². The minimum atomic E-state index is 0.874. The average Bonchev–Trinajstić information content (AvgIpc) is 2.64. The topological polar surface area (TPSA) is 57.9 Å². The molecule has 1 aromatic heterocycles. The van der Waals surface area contributed by atoms with E-state index in [4.69, 9.17) is 5.84 Å². The molecule has 0 aliphatic carbocycles. The van der Waals surface area contributed by atoms with Crippen molar-refractivity contribution >= 4 is 5.82 Å². The van der Waals surface area contributed by atoms with Crippen molar-refractivity contribution in [1.82, 2.24) is 10.2 Å². The van der Waals surface area contributed by atoms with Crippen molar-refractivity contribution in [2.75, 3.05) is 12.1 Å². The maximum Gasteiger partial charge on any atom is 0.167 e. The van der Waals surface area contributed by atoms with Gasteiger partial charge in [-0.05, 0) is 12.8 Å². The van der Waals surface area contributed by atoms with Gasteiger partial charge in [0.1, 0.15) is 0 Å². The zero-order valence-corrected chi connectivity index (χ0v) is 10.6. The van der Waals surface area contributed by atoms with Crippen molar-refractivity contribution in [2.45, 2.75) is 47.0 Å². The molecule has 3 N–H and O–H groups in total. The highest BCUT2D eigenvalue weighted by Gasteiger charge is 2.12. The number of nitrogens with one attached hydrogen (secondary N) is 1. The third-order valence-corrected chi connectivity index (χ3v) is 2.12. The Kier molecular flexibility index (Phi) is 6.79. The number of H-pyrrole nitrogens is 1. The molecule has 0 saturated heterocycles. The minimum Gasteiger partial charge on any atom is -0.296 e. The van der Waals surface area contributed by atoms with E-state index < -0.39 is 0 Å². The fraction of sp³-hybridized carbons (Fsp3) is 0.727. The summed E-state index contributed by atoms with van der Waals surface area (Å²) < 4.78 is 0. The van der Waals surface area contributed by atoms with Gasteiger partial charge in [-0.15, -0.1) is 0 Å². The predicted octanol–water partition coefficient (Wildman–Crippen LogP) is 2.26. The first-order valence-corrected chi connectivity index (χ1v) is 5.75. The molecular formula is C11H24N4. The van der Waals surface area contributed by atoms with Crippen LogP contribution in [0, 0.1) is 0 Å². The highest BCUT2D eigenvalue weighted by molar-refractivity contribution is 5.47. The van der Waals surface area contributed by atoms with Gasteiger partial charge in [0.25, 0.3) is 0 Å². The molecule has 0 spiro atoms. The first kappa shape index (κ1) is 14.0. The Bertz CT molecular complexity index is 266. The van der Waals surface area contributed by atoms with Crippen molar-refractivity contribution < 1.29 is 0 Å². The van der Waals surface area contributed by atoms with Gasteiger partial charge in [-0.1, -0.05) is 34.1 Å². The van der Waals surface area contributed by atoms with Crippen LogP contribution in [-0.2, 0) is 12.8 Å². The van der Waals surface area contributed by atoms with Crippen molar-refractivity contribution in [1.29, 1.82) is 0 Å². The van der Waals surface area contributed by atoms with Crippen LogP contribution in [0.5, 0.6) is 0 Å². The molecule has 0 radical (unpaired) electrons. The summed E-state index contributed by atoms with van der Waals surface area (Å²) in [7, 11) is 1.81. The van der Waals surface area contributed by atoms with Gasteiger partial charge in [0, 0.05) is 18.3 Å². The molecule has 0 aliphatic rings. The van der Waals surface area contributed by atoms with Gasteiger partial charge < -0.3 is 0 Å². The first-order valence-electron chi connectivity index (χ1n) is 5.75. The molecule has 4 nitrogen and oxygen atoms in total. The van der Waals surface area contributed by atoms with E-state index in [0.29, 0.717) is 0 Å². The molecule has 0 aromatic carbocycles. The van der Waals surface area contributed by atoms with Crippen molar-refractivity contribution in [3.63, 3.8) is 0 Å². The Morgan fingerprint density at radius 3 is 2.33 bits per heavy atom. The van der Waals surface area contributed by atoms with E-state index in [2.05, 4.69) is 24.0 Å². The molecular weight excluding hydrogens is 188 g/mol. The van der Waals surface area contributed by atoms with Crippen LogP contribution in [0.15, 0.2) is 0 Å². The van der Waals surface area contributed by atoms with Gasteiger partial charge >= 0.3 is 0 Å². The van der Waals surface area contributed by atoms with Crippen LogP contribution in [-0.4, -0.2) is 17.2 Å². The molecule has 0 unspecified atom stereocenters. The number of anilines is 1. The fourth-order valence-electron chi connectivity index (χ4n) is 1.49. The lowest BCUT2D eigenvalue weighted by atomic mass is 10.1. The monoisotopic (exact) mass is 212 g/mol. The maximum atomic E-state index is 5.66. The van der Waals surface area contributed by atoms with E-state index >= 15 is 0 Å². The van der Waals surface area contributed by atoms with Gasteiger partial charge in [-0.25, -0.2) is 5.84 Å². The van der Waals surface area contributed by atoms with Gasteiger partial charge in [0.2, 0.25) is 0 Å². The van der Waals surface area contributed by atoms with Crippen LogP contribution >= 0.6 is 0 Å². The summed E-state index contributed by atoms with van der Waals surface area (Å²) in [6.07, 6.45) is 3.14. The Balaban J connectivity index is 0.000000921. The summed E-state index contributed by atoms with van der Waals surface area (Å²) in [5.41, 5.74) is 2.46. The van der Waals surface area contributed by atoms with E-state index in [1.807, 2.05) is 20.9 Å². The fourth-order valence-corrected chi connectivity index (χ4v) is 1.49.